The van der Waals surface area contributed by atoms with Gasteiger partial charge in [0.25, 0.3) is 0 Å². The molecular formula is C15H7BrClFO2. The molecule has 5 heteroatoms. The Morgan fingerprint density at radius 3 is 2.70 bits per heavy atom. The molecule has 1 aromatic heterocycles. The summed E-state index contributed by atoms with van der Waals surface area (Å²) in [5.41, 5.74) is 0.387. The van der Waals surface area contributed by atoms with Crippen LogP contribution >= 0.6 is 27.5 Å². The Kier molecular flexibility index (Phi) is 3.36. The van der Waals surface area contributed by atoms with Gasteiger partial charge in [-0.05, 0) is 30.3 Å². The van der Waals surface area contributed by atoms with Gasteiger partial charge in [0.05, 0.1) is 10.6 Å². The van der Waals surface area contributed by atoms with Gasteiger partial charge in [-0.2, -0.15) is 0 Å². The maximum absolute atomic E-state index is 13.8. The number of carbonyl (C=O) groups excluding carboxylic acids is 1. The molecule has 3 aromatic rings. The average molecular weight is 354 g/mol. The number of hydrogen-bond acceptors (Lipinski definition) is 2. The lowest BCUT2D eigenvalue weighted by atomic mass is 10.1. The molecule has 0 radical (unpaired) electrons. The molecule has 2 aromatic carbocycles. The highest BCUT2D eigenvalue weighted by atomic mass is 79.9. The van der Waals surface area contributed by atoms with Crippen molar-refractivity contribution in [2.45, 2.75) is 0 Å². The van der Waals surface area contributed by atoms with Gasteiger partial charge in [0.15, 0.2) is 11.3 Å². The predicted octanol–water partition coefficient (Wildman–Crippen LogP) is 5.22. The van der Waals surface area contributed by atoms with Gasteiger partial charge in [0.1, 0.15) is 5.82 Å². The number of ketones is 1. The first-order valence-corrected chi connectivity index (χ1v) is 6.91. The first-order chi connectivity index (χ1) is 9.56. The van der Waals surface area contributed by atoms with E-state index in [-0.39, 0.29) is 11.3 Å². The summed E-state index contributed by atoms with van der Waals surface area (Å²) in [7, 11) is 0. The van der Waals surface area contributed by atoms with Gasteiger partial charge in [0, 0.05) is 9.86 Å². The van der Waals surface area contributed by atoms with Crippen LogP contribution in [0.25, 0.3) is 11.0 Å². The third-order valence-electron chi connectivity index (χ3n) is 2.90. The molecule has 0 N–H and O–H groups in total. The van der Waals surface area contributed by atoms with Crippen LogP contribution in [-0.4, -0.2) is 5.78 Å². The van der Waals surface area contributed by atoms with Crippen molar-refractivity contribution in [3.05, 3.63) is 69.1 Å². The van der Waals surface area contributed by atoms with E-state index < -0.39 is 11.6 Å². The van der Waals surface area contributed by atoms with Crippen molar-refractivity contribution < 1.29 is 13.6 Å². The van der Waals surface area contributed by atoms with Crippen LogP contribution in [0.4, 0.5) is 4.39 Å². The Bertz CT molecular complexity index is 826. The monoisotopic (exact) mass is 352 g/mol. The van der Waals surface area contributed by atoms with Crippen LogP contribution < -0.4 is 0 Å². The molecule has 20 heavy (non-hydrogen) atoms. The molecule has 2 nitrogen and oxygen atoms in total. The van der Waals surface area contributed by atoms with Crippen molar-refractivity contribution in [2.75, 3.05) is 0 Å². The minimum Gasteiger partial charge on any atom is -0.451 e. The van der Waals surface area contributed by atoms with Crippen LogP contribution in [0.5, 0.6) is 0 Å². The molecule has 3 rings (SSSR count). The Morgan fingerprint density at radius 2 is 2.00 bits per heavy atom. The van der Waals surface area contributed by atoms with Gasteiger partial charge in [0.2, 0.25) is 5.78 Å². The van der Waals surface area contributed by atoms with Crippen molar-refractivity contribution in [3.8, 4) is 0 Å². The molecule has 0 atom stereocenters. The topological polar surface area (TPSA) is 30.2 Å². The highest BCUT2D eigenvalue weighted by Gasteiger charge is 2.19. The quantitative estimate of drug-likeness (QED) is 0.591. The van der Waals surface area contributed by atoms with Crippen LogP contribution in [0.3, 0.4) is 0 Å². The number of carbonyl (C=O) groups is 1. The highest BCUT2D eigenvalue weighted by molar-refractivity contribution is 9.10. The van der Waals surface area contributed by atoms with Gasteiger partial charge in [-0.1, -0.05) is 39.7 Å². The summed E-state index contributed by atoms with van der Waals surface area (Å²) in [6.07, 6.45) is 0. The van der Waals surface area contributed by atoms with Gasteiger partial charge in [-0.15, -0.1) is 0 Å². The van der Waals surface area contributed by atoms with Crippen molar-refractivity contribution in [1.29, 1.82) is 0 Å². The van der Waals surface area contributed by atoms with E-state index in [1.54, 1.807) is 30.3 Å². The van der Waals surface area contributed by atoms with Crippen LogP contribution in [0.1, 0.15) is 16.1 Å². The predicted molar refractivity (Wildman–Crippen MR) is 78.8 cm³/mol. The normalized spacial score (nSPS) is 10.9. The van der Waals surface area contributed by atoms with Gasteiger partial charge < -0.3 is 4.42 Å². The summed E-state index contributed by atoms with van der Waals surface area (Å²) < 4.78 is 19.8. The number of benzene rings is 2. The van der Waals surface area contributed by atoms with E-state index in [1.165, 1.54) is 12.1 Å². The zero-order valence-corrected chi connectivity index (χ0v) is 12.3. The van der Waals surface area contributed by atoms with Gasteiger partial charge >= 0.3 is 0 Å². The van der Waals surface area contributed by atoms with E-state index in [4.69, 9.17) is 16.0 Å². The zero-order chi connectivity index (χ0) is 14.3. The minimum absolute atomic E-state index is 0.0385. The molecular weight excluding hydrogens is 347 g/mol. The maximum Gasteiger partial charge on any atom is 0.231 e. The number of rotatable bonds is 2. The fourth-order valence-electron chi connectivity index (χ4n) is 1.95. The molecule has 1 heterocycles. The maximum atomic E-state index is 13.8. The largest absolute Gasteiger partial charge is 0.451 e. The Balaban J connectivity index is 2.10. The fourth-order valence-corrected chi connectivity index (χ4v) is 2.50. The number of halogens is 3. The molecule has 0 amide bonds. The van der Waals surface area contributed by atoms with E-state index in [2.05, 4.69) is 15.9 Å². The van der Waals surface area contributed by atoms with Crippen molar-refractivity contribution in [3.63, 3.8) is 0 Å². The summed E-state index contributed by atoms with van der Waals surface area (Å²) in [4.78, 5) is 12.3. The van der Waals surface area contributed by atoms with Crippen LogP contribution in [0.15, 0.2) is 51.4 Å². The molecule has 0 aliphatic rings. The van der Waals surface area contributed by atoms with Gasteiger partial charge in [-0.3, -0.25) is 4.79 Å². The second kappa shape index (κ2) is 5.04. The molecule has 0 fully saturated rings. The molecule has 100 valence electrons. The van der Waals surface area contributed by atoms with Crippen molar-refractivity contribution >= 4 is 44.3 Å². The van der Waals surface area contributed by atoms with E-state index in [1.807, 2.05) is 0 Å². The standard InChI is InChI=1S/C15H7BrClFO2/c16-9-4-5-10(12(18)7-9)14(19)13-6-8-2-1-3-11(17)15(8)20-13/h1-7H. The zero-order valence-electron chi connectivity index (χ0n) is 9.99. The second-order valence-corrected chi connectivity index (χ2v) is 5.55. The smallest absolute Gasteiger partial charge is 0.231 e. The van der Waals surface area contributed by atoms with E-state index in [0.29, 0.717) is 20.5 Å². The number of fused-ring (bicyclic) bond motifs is 1. The first kappa shape index (κ1) is 13.3. The van der Waals surface area contributed by atoms with E-state index >= 15 is 0 Å². The number of hydrogen-bond donors (Lipinski definition) is 0. The average Bonchev–Trinajstić information content (AvgIpc) is 2.83. The first-order valence-electron chi connectivity index (χ1n) is 5.74. The Morgan fingerprint density at radius 1 is 1.20 bits per heavy atom. The Hall–Kier alpha value is -1.65. The molecule has 0 saturated heterocycles. The summed E-state index contributed by atoms with van der Waals surface area (Å²) in [5, 5.41) is 1.12. The lowest BCUT2D eigenvalue weighted by Crippen LogP contribution is -2.02. The van der Waals surface area contributed by atoms with Gasteiger partial charge in [-0.25, -0.2) is 4.39 Å². The van der Waals surface area contributed by atoms with E-state index in [9.17, 15) is 9.18 Å². The number of para-hydroxylation sites is 1. The lowest BCUT2D eigenvalue weighted by molar-refractivity contribution is 0.101. The highest BCUT2D eigenvalue weighted by Crippen LogP contribution is 2.28. The molecule has 0 aliphatic heterocycles. The van der Waals surface area contributed by atoms with E-state index in [0.717, 1.165) is 0 Å². The molecule has 0 bridgehead atoms. The van der Waals surface area contributed by atoms with Crippen molar-refractivity contribution in [2.24, 2.45) is 0 Å². The number of furan rings is 1. The Labute approximate surface area is 127 Å². The van der Waals surface area contributed by atoms with Crippen molar-refractivity contribution in [1.82, 2.24) is 0 Å². The lowest BCUT2D eigenvalue weighted by Gasteiger charge is -2.00. The second-order valence-electron chi connectivity index (χ2n) is 4.22. The van der Waals surface area contributed by atoms with Crippen LogP contribution in [0, 0.1) is 5.82 Å². The summed E-state index contributed by atoms with van der Waals surface area (Å²) >= 11 is 9.13. The fraction of sp³-hybridized carbons (Fsp3) is 0. The SMILES string of the molecule is O=C(c1cc2cccc(Cl)c2o1)c1ccc(Br)cc1F. The third kappa shape index (κ3) is 2.25. The van der Waals surface area contributed by atoms with Crippen LogP contribution in [-0.2, 0) is 0 Å². The summed E-state index contributed by atoms with van der Waals surface area (Å²) in [5.74, 6) is -1.05. The summed E-state index contributed by atoms with van der Waals surface area (Å²) in [6, 6.07) is 11.0. The van der Waals surface area contributed by atoms with Crippen LogP contribution in [0.2, 0.25) is 5.02 Å². The molecule has 0 saturated carbocycles. The molecule has 0 unspecified atom stereocenters. The summed E-state index contributed by atoms with van der Waals surface area (Å²) in [6.45, 7) is 0. The molecule has 0 spiro atoms. The third-order valence-corrected chi connectivity index (χ3v) is 3.69. The molecule has 0 aliphatic carbocycles. The minimum atomic E-state index is -0.601.